The van der Waals surface area contributed by atoms with Gasteiger partial charge in [-0.1, -0.05) is 36.4 Å². The molecule has 0 fully saturated rings. The van der Waals surface area contributed by atoms with Crippen molar-refractivity contribution >= 4 is 36.3 Å². The summed E-state index contributed by atoms with van der Waals surface area (Å²) in [5.41, 5.74) is 1.61. The van der Waals surface area contributed by atoms with Crippen molar-refractivity contribution < 1.29 is 16.8 Å². The van der Waals surface area contributed by atoms with Gasteiger partial charge in [0, 0.05) is 43.4 Å². The first kappa shape index (κ1) is 20.3. The largest absolute Gasteiger partial charge is 0.377 e. The van der Waals surface area contributed by atoms with E-state index in [1.807, 2.05) is 37.2 Å². The molecular weight excluding hydrogens is 396 g/mol. The number of sulfone groups is 1. The van der Waals surface area contributed by atoms with Crippen LogP contribution < -0.4 is 9.62 Å². The molecule has 1 N–H and O–H groups in total. The normalized spacial score (nSPS) is 12.2. The van der Waals surface area contributed by atoms with Crippen LogP contribution in [0.5, 0.6) is 0 Å². The van der Waals surface area contributed by atoms with Crippen LogP contribution in [0.2, 0.25) is 0 Å². The van der Waals surface area contributed by atoms with E-state index < -0.39 is 19.9 Å². The molecule has 148 valence electrons. The number of fused-ring (bicyclic) bond motifs is 1. The van der Waals surface area contributed by atoms with Crippen molar-refractivity contribution in [2.24, 2.45) is 0 Å². The van der Waals surface area contributed by atoms with Crippen LogP contribution in [0.25, 0.3) is 10.8 Å². The Morgan fingerprint density at radius 1 is 0.821 bits per heavy atom. The predicted molar refractivity (Wildman–Crippen MR) is 112 cm³/mol. The molecule has 0 unspecified atom stereocenters. The van der Waals surface area contributed by atoms with E-state index in [9.17, 15) is 16.8 Å². The molecule has 3 aromatic carbocycles. The smallest absolute Gasteiger partial charge is 0.241 e. The summed E-state index contributed by atoms with van der Waals surface area (Å²) in [6.45, 7) is 0.0656. The number of hydrogen-bond acceptors (Lipinski definition) is 5. The van der Waals surface area contributed by atoms with Crippen molar-refractivity contribution in [3.63, 3.8) is 0 Å². The molecule has 0 heterocycles. The third kappa shape index (κ3) is 4.19. The van der Waals surface area contributed by atoms with E-state index in [4.69, 9.17) is 0 Å². The molecular formula is C20H22N2O4S2. The zero-order valence-corrected chi connectivity index (χ0v) is 17.5. The molecule has 0 atom stereocenters. The molecule has 8 heteroatoms. The van der Waals surface area contributed by atoms with Gasteiger partial charge in [0.25, 0.3) is 0 Å². The highest BCUT2D eigenvalue weighted by molar-refractivity contribution is 7.90. The van der Waals surface area contributed by atoms with Gasteiger partial charge in [0.05, 0.1) is 9.79 Å². The zero-order valence-electron chi connectivity index (χ0n) is 15.9. The maximum atomic E-state index is 12.9. The van der Waals surface area contributed by atoms with Gasteiger partial charge in [-0.05, 0) is 29.8 Å². The Morgan fingerprint density at radius 2 is 1.43 bits per heavy atom. The highest BCUT2D eigenvalue weighted by atomic mass is 32.2. The van der Waals surface area contributed by atoms with E-state index in [1.54, 1.807) is 30.3 Å². The molecule has 0 bridgehead atoms. The van der Waals surface area contributed by atoms with Crippen molar-refractivity contribution in [3.8, 4) is 0 Å². The van der Waals surface area contributed by atoms with E-state index in [0.29, 0.717) is 10.9 Å². The molecule has 6 nitrogen and oxygen atoms in total. The van der Waals surface area contributed by atoms with Crippen LogP contribution in [-0.2, 0) is 26.4 Å². The van der Waals surface area contributed by atoms with Crippen molar-refractivity contribution in [1.29, 1.82) is 0 Å². The lowest BCUT2D eigenvalue weighted by Gasteiger charge is -2.17. The summed E-state index contributed by atoms with van der Waals surface area (Å²) in [4.78, 5) is 2.35. The van der Waals surface area contributed by atoms with Gasteiger partial charge in [-0.2, -0.15) is 0 Å². The van der Waals surface area contributed by atoms with Crippen LogP contribution in [-0.4, -0.2) is 37.2 Å². The molecule has 0 aliphatic carbocycles. The molecule has 0 radical (unpaired) electrons. The Hall–Kier alpha value is -2.42. The van der Waals surface area contributed by atoms with E-state index in [-0.39, 0.29) is 16.3 Å². The molecule has 28 heavy (non-hydrogen) atoms. The molecule has 0 amide bonds. The maximum absolute atomic E-state index is 12.9. The average Bonchev–Trinajstić information content (AvgIpc) is 2.65. The lowest BCUT2D eigenvalue weighted by Crippen LogP contribution is -2.23. The Labute approximate surface area is 165 Å². The summed E-state index contributed by atoms with van der Waals surface area (Å²) >= 11 is 0. The lowest BCUT2D eigenvalue weighted by atomic mass is 10.1. The molecule has 3 rings (SSSR count). The fraction of sp³-hybridized carbons (Fsp3) is 0.200. The van der Waals surface area contributed by atoms with Crippen molar-refractivity contribution in [3.05, 3.63) is 66.2 Å². The summed E-state index contributed by atoms with van der Waals surface area (Å²) in [6.07, 6.45) is 1.13. The second-order valence-corrected chi connectivity index (χ2v) is 10.5. The standard InChI is InChI=1S/C20H22N2O4S2/c1-22(2)19-8-4-7-18-17(19)6-5-9-20(18)28(25,26)21-14-15-10-12-16(13-11-15)27(3,23)24/h4-13,21H,14H2,1-3H3. The van der Waals surface area contributed by atoms with Gasteiger partial charge in [-0.15, -0.1) is 0 Å². The highest BCUT2D eigenvalue weighted by Gasteiger charge is 2.18. The van der Waals surface area contributed by atoms with Gasteiger partial charge in [0.15, 0.2) is 9.84 Å². The highest BCUT2D eigenvalue weighted by Crippen LogP contribution is 2.30. The van der Waals surface area contributed by atoms with Crippen LogP contribution in [0, 0.1) is 0 Å². The molecule has 0 spiro atoms. The summed E-state index contributed by atoms with van der Waals surface area (Å²) in [5.74, 6) is 0. The Bertz CT molecular complexity index is 1220. The zero-order chi connectivity index (χ0) is 20.5. The first-order valence-corrected chi connectivity index (χ1v) is 11.9. The molecule has 0 aliphatic heterocycles. The molecule has 3 aromatic rings. The number of nitrogens with one attached hydrogen (secondary N) is 1. The molecule has 0 saturated heterocycles. The van der Waals surface area contributed by atoms with Gasteiger partial charge < -0.3 is 4.90 Å². The number of rotatable bonds is 6. The van der Waals surface area contributed by atoms with Crippen molar-refractivity contribution in [2.45, 2.75) is 16.3 Å². The number of nitrogens with zero attached hydrogens (tertiary/aromatic N) is 1. The van der Waals surface area contributed by atoms with Crippen LogP contribution >= 0.6 is 0 Å². The number of hydrogen-bond donors (Lipinski definition) is 1. The van der Waals surface area contributed by atoms with Crippen LogP contribution in [0.4, 0.5) is 5.69 Å². The number of benzene rings is 3. The van der Waals surface area contributed by atoms with Crippen molar-refractivity contribution in [1.82, 2.24) is 4.72 Å². The lowest BCUT2D eigenvalue weighted by molar-refractivity contribution is 0.582. The molecule has 0 aliphatic rings. The fourth-order valence-electron chi connectivity index (χ4n) is 3.00. The van der Waals surface area contributed by atoms with Crippen LogP contribution in [0.1, 0.15) is 5.56 Å². The predicted octanol–water partition coefficient (Wildman–Crippen LogP) is 2.79. The monoisotopic (exact) mass is 418 g/mol. The van der Waals surface area contributed by atoms with Gasteiger partial charge >= 0.3 is 0 Å². The van der Waals surface area contributed by atoms with E-state index >= 15 is 0 Å². The van der Waals surface area contributed by atoms with E-state index in [1.165, 1.54) is 12.1 Å². The Kier molecular flexibility index (Phi) is 5.47. The van der Waals surface area contributed by atoms with E-state index in [2.05, 4.69) is 4.72 Å². The van der Waals surface area contributed by atoms with Crippen molar-refractivity contribution in [2.75, 3.05) is 25.3 Å². The third-order valence-electron chi connectivity index (χ3n) is 4.45. The summed E-state index contributed by atoms with van der Waals surface area (Å²) in [6, 6.07) is 16.9. The van der Waals surface area contributed by atoms with Gasteiger partial charge in [0.1, 0.15) is 0 Å². The van der Waals surface area contributed by atoms with Crippen LogP contribution in [0.3, 0.4) is 0 Å². The molecule has 0 saturated carbocycles. The Morgan fingerprint density at radius 3 is 2.04 bits per heavy atom. The summed E-state index contributed by atoms with van der Waals surface area (Å²) in [7, 11) is -3.21. The average molecular weight is 419 g/mol. The topological polar surface area (TPSA) is 83.6 Å². The second-order valence-electron chi connectivity index (χ2n) is 6.76. The quantitative estimate of drug-likeness (QED) is 0.666. The second kappa shape index (κ2) is 7.54. The van der Waals surface area contributed by atoms with E-state index in [0.717, 1.165) is 17.3 Å². The van der Waals surface area contributed by atoms with Crippen LogP contribution in [0.15, 0.2) is 70.5 Å². The number of sulfonamides is 1. The SMILES string of the molecule is CN(C)c1cccc2c(S(=O)(=O)NCc3ccc(S(C)(=O)=O)cc3)cccc12. The van der Waals surface area contributed by atoms with Gasteiger partial charge in [-0.25, -0.2) is 21.6 Å². The first-order chi connectivity index (χ1) is 13.1. The Balaban J connectivity index is 1.90. The minimum Gasteiger partial charge on any atom is -0.377 e. The minimum atomic E-state index is -3.75. The van der Waals surface area contributed by atoms with Gasteiger partial charge in [-0.3, -0.25) is 0 Å². The van der Waals surface area contributed by atoms with Gasteiger partial charge in [0.2, 0.25) is 10.0 Å². The molecule has 0 aromatic heterocycles. The maximum Gasteiger partial charge on any atom is 0.241 e. The number of anilines is 1. The fourth-order valence-corrected chi connectivity index (χ4v) is 4.87. The minimum absolute atomic E-state index is 0.0656. The summed E-state index contributed by atoms with van der Waals surface area (Å²) in [5, 5.41) is 1.50. The third-order valence-corrected chi connectivity index (χ3v) is 7.04. The first-order valence-electron chi connectivity index (χ1n) is 8.57. The summed E-state index contributed by atoms with van der Waals surface area (Å²) < 4.78 is 51.5.